The third-order valence-electron chi connectivity index (χ3n) is 14.1. The van der Waals surface area contributed by atoms with Crippen molar-refractivity contribution in [2.24, 2.45) is 0 Å². The van der Waals surface area contributed by atoms with Crippen LogP contribution < -0.4 is 0 Å². The Morgan fingerprint density at radius 3 is 1.61 bits per heavy atom. The van der Waals surface area contributed by atoms with Crippen LogP contribution in [0.2, 0.25) is 0 Å². The van der Waals surface area contributed by atoms with Gasteiger partial charge >= 0.3 is 0 Å². The van der Waals surface area contributed by atoms with Crippen molar-refractivity contribution in [3.63, 3.8) is 0 Å². The third-order valence-corrected chi connectivity index (χ3v) is 14.1. The van der Waals surface area contributed by atoms with E-state index in [1.54, 1.807) is 0 Å². The van der Waals surface area contributed by atoms with Gasteiger partial charge in [0.15, 0.2) is 0 Å². The summed E-state index contributed by atoms with van der Waals surface area (Å²) in [5, 5.41) is 8.33. The average Bonchev–Trinajstić information content (AvgIpc) is 4.04. The van der Waals surface area contributed by atoms with Crippen LogP contribution in [0.4, 0.5) is 0 Å². The smallest absolute Gasteiger partial charge is 0.235 e. The van der Waals surface area contributed by atoms with Crippen molar-refractivity contribution in [3.05, 3.63) is 211 Å². The minimum atomic E-state index is -0.0513. The Hall–Kier alpha value is -8.28. The first-order valence-electron chi connectivity index (χ1n) is 22.1. The molecule has 14 rings (SSSR count). The molecule has 1 aliphatic carbocycles. The van der Waals surface area contributed by atoms with Crippen LogP contribution in [-0.4, -0.2) is 23.7 Å². The molecule has 0 N–H and O–H groups in total. The summed E-state index contributed by atoms with van der Waals surface area (Å²) in [6, 6.07) is 72.7. The zero-order chi connectivity index (χ0) is 42.3. The van der Waals surface area contributed by atoms with Gasteiger partial charge in [-0.05, 0) is 82.9 Å². The van der Waals surface area contributed by atoms with E-state index in [0.717, 1.165) is 60.7 Å². The molecule has 13 aromatic rings. The van der Waals surface area contributed by atoms with Gasteiger partial charge in [0.2, 0.25) is 5.95 Å². The normalized spacial score (nSPS) is 13.3. The molecule has 9 aromatic carbocycles. The number of hydrogen-bond acceptors (Lipinski definition) is 2. The minimum absolute atomic E-state index is 0.0513. The summed E-state index contributed by atoms with van der Waals surface area (Å²) in [5.41, 5.74) is 17.3. The van der Waals surface area contributed by atoms with E-state index in [0.29, 0.717) is 5.95 Å². The summed E-state index contributed by atoms with van der Waals surface area (Å²) >= 11 is 0. The molecule has 4 heterocycles. The molecular formula is C59H39N5. The first-order valence-corrected chi connectivity index (χ1v) is 22.1. The number of benzene rings is 9. The Balaban J connectivity index is 1.03. The summed E-state index contributed by atoms with van der Waals surface area (Å²) in [6.45, 7) is 4.70. The number of rotatable bonds is 4. The van der Waals surface area contributed by atoms with Crippen LogP contribution in [0, 0.1) is 0 Å². The molecule has 4 aromatic heterocycles. The van der Waals surface area contributed by atoms with E-state index in [9.17, 15) is 0 Å². The SMILES string of the molecule is CC1(C)c2ccccc2-c2cc(-n3c4ccccc4c4c5c6ccccc6n(-c6ccc7c8ccccc8n(-c8nc(-c9ccccc9)c9ccccc9n8)c7c6)c5ccc43)ccc21. The van der Waals surface area contributed by atoms with Crippen molar-refractivity contribution in [1.82, 2.24) is 23.7 Å². The first-order chi connectivity index (χ1) is 31.5. The predicted octanol–water partition coefficient (Wildman–Crippen LogP) is 14.9. The molecule has 5 heteroatoms. The summed E-state index contributed by atoms with van der Waals surface area (Å²) in [5.74, 6) is 0.649. The van der Waals surface area contributed by atoms with E-state index in [1.165, 1.54) is 60.5 Å². The van der Waals surface area contributed by atoms with Crippen molar-refractivity contribution in [3.8, 4) is 39.7 Å². The van der Waals surface area contributed by atoms with Gasteiger partial charge in [-0.25, -0.2) is 9.97 Å². The predicted molar refractivity (Wildman–Crippen MR) is 266 cm³/mol. The Bertz CT molecular complexity index is 4110. The van der Waals surface area contributed by atoms with Crippen LogP contribution in [-0.2, 0) is 5.41 Å². The van der Waals surface area contributed by atoms with Gasteiger partial charge in [-0.1, -0.05) is 153 Å². The fourth-order valence-electron chi connectivity index (χ4n) is 11.2. The molecule has 0 radical (unpaired) electrons. The van der Waals surface area contributed by atoms with Gasteiger partial charge in [0, 0.05) is 60.1 Å². The van der Waals surface area contributed by atoms with Crippen LogP contribution >= 0.6 is 0 Å². The molecule has 0 saturated heterocycles. The van der Waals surface area contributed by atoms with Gasteiger partial charge < -0.3 is 9.13 Å². The molecule has 1 aliphatic rings. The maximum Gasteiger partial charge on any atom is 0.235 e. The maximum atomic E-state index is 5.38. The van der Waals surface area contributed by atoms with E-state index in [2.05, 4.69) is 222 Å². The zero-order valence-corrected chi connectivity index (χ0v) is 35.3. The monoisotopic (exact) mass is 817 g/mol. The Labute approximate surface area is 368 Å². The van der Waals surface area contributed by atoms with Crippen LogP contribution in [0.3, 0.4) is 0 Å². The summed E-state index contributed by atoms with van der Waals surface area (Å²) < 4.78 is 7.17. The van der Waals surface area contributed by atoms with Gasteiger partial charge in [-0.2, -0.15) is 0 Å². The van der Waals surface area contributed by atoms with E-state index >= 15 is 0 Å². The summed E-state index contributed by atoms with van der Waals surface area (Å²) in [4.78, 5) is 10.6. The maximum absolute atomic E-state index is 5.38. The molecule has 0 saturated carbocycles. The van der Waals surface area contributed by atoms with Crippen LogP contribution in [0.1, 0.15) is 25.0 Å². The number of nitrogens with zero attached hydrogens (tertiary/aromatic N) is 5. The van der Waals surface area contributed by atoms with Crippen molar-refractivity contribution < 1.29 is 0 Å². The lowest BCUT2D eigenvalue weighted by Crippen LogP contribution is -2.14. The molecule has 0 spiro atoms. The fraction of sp³-hybridized carbons (Fsp3) is 0.0508. The van der Waals surface area contributed by atoms with Crippen LogP contribution in [0.25, 0.3) is 116 Å². The second-order valence-corrected chi connectivity index (χ2v) is 17.8. The standard InChI is InChI=1S/C59H39N5/c1-59(2)46-23-11-6-18-39(46)45-34-37(29-31-47(45)59)62-50-26-14-9-21-43(50)55-52(62)32-33-53-56(55)44-22-10-15-27-51(44)63(53)38-28-30-41-40-19-8-13-25-49(40)64(54(41)35-38)58-60-48-24-12-7-20-42(48)57(61-58)36-16-4-3-5-17-36/h3-35H,1-2H3. The highest BCUT2D eigenvalue weighted by molar-refractivity contribution is 6.29. The lowest BCUT2D eigenvalue weighted by molar-refractivity contribution is 0.660. The largest absolute Gasteiger partial charge is 0.309 e. The van der Waals surface area contributed by atoms with Crippen molar-refractivity contribution in [2.75, 3.05) is 0 Å². The molecule has 5 nitrogen and oxygen atoms in total. The topological polar surface area (TPSA) is 40.6 Å². The average molecular weight is 818 g/mol. The number of para-hydroxylation sites is 4. The minimum Gasteiger partial charge on any atom is -0.309 e. The second-order valence-electron chi connectivity index (χ2n) is 17.8. The number of aromatic nitrogens is 5. The molecule has 64 heavy (non-hydrogen) atoms. The fourth-order valence-corrected chi connectivity index (χ4v) is 11.2. The highest BCUT2D eigenvalue weighted by Gasteiger charge is 2.35. The molecule has 300 valence electrons. The van der Waals surface area contributed by atoms with Gasteiger partial charge in [0.1, 0.15) is 0 Å². The quantitative estimate of drug-likeness (QED) is 0.177. The highest BCUT2D eigenvalue weighted by atomic mass is 15.2. The molecule has 0 bridgehead atoms. The molecule has 0 amide bonds. The van der Waals surface area contributed by atoms with Crippen molar-refractivity contribution in [1.29, 1.82) is 0 Å². The van der Waals surface area contributed by atoms with E-state index < -0.39 is 0 Å². The molecule has 0 fully saturated rings. The van der Waals surface area contributed by atoms with Gasteiger partial charge in [-0.15, -0.1) is 0 Å². The highest BCUT2D eigenvalue weighted by Crippen LogP contribution is 2.50. The molecule has 0 atom stereocenters. The third kappa shape index (κ3) is 4.73. The molecule has 0 aliphatic heterocycles. The Morgan fingerprint density at radius 1 is 0.359 bits per heavy atom. The second kappa shape index (κ2) is 12.9. The zero-order valence-electron chi connectivity index (χ0n) is 35.3. The summed E-state index contributed by atoms with van der Waals surface area (Å²) in [7, 11) is 0. The molecular weight excluding hydrogens is 779 g/mol. The van der Waals surface area contributed by atoms with Crippen LogP contribution in [0.15, 0.2) is 200 Å². The lowest BCUT2D eigenvalue weighted by atomic mass is 9.82. The van der Waals surface area contributed by atoms with E-state index in [1.807, 2.05) is 6.07 Å². The van der Waals surface area contributed by atoms with Crippen molar-refractivity contribution in [2.45, 2.75) is 19.3 Å². The molecule has 0 unspecified atom stereocenters. The van der Waals surface area contributed by atoms with Gasteiger partial charge in [-0.3, -0.25) is 4.57 Å². The first kappa shape index (κ1) is 35.3. The van der Waals surface area contributed by atoms with E-state index in [4.69, 9.17) is 9.97 Å². The number of fused-ring (bicyclic) bond motifs is 14. The summed E-state index contributed by atoms with van der Waals surface area (Å²) in [6.07, 6.45) is 0. The Morgan fingerprint density at radius 2 is 0.891 bits per heavy atom. The van der Waals surface area contributed by atoms with Crippen molar-refractivity contribution >= 4 is 76.3 Å². The van der Waals surface area contributed by atoms with Gasteiger partial charge in [0.25, 0.3) is 0 Å². The number of hydrogen-bond donors (Lipinski definition) is 0. The van der Waals surface area contributed by atoms with Crippen LogP contribution in [0.5, 0.6) is 0 Å². The lowest BCUT2D eigenvalue weighted by Gasteiger charge is -2.21. The van der Waals surface area contributed by atoms with Gasteiger partial charge in [0.05, 0.1) is 44.3 Å². The Kier molecular flexibility index (Phi) is 7.11. The van der Waals surface area contributed by atoms with E-state index in [-0.39, 0.29) is 5.41 Å².